The highest BCUT2D eigenvalue weighted by atomic mass is 35.5. The Bertz CT molecular complexity index is 894. The molecule has 0 atom stereocenters. The first-order valence-electron chi connectivity index (χ1n) is 7.39. The first kappa shape index (κ1) is 17.0. The highest BCUT2D eigenvalue weighted by Gasteiger charge is 2.11. The van der Waals surface area contributed by atoms with E-state index in [-0.39, 0.29) is 17.8 Å². The molecule has 0 aliphatic rings. The van der Waals surface area contributed by atoms with Crippen LogP contribution < -0.4 is 5.32 Å². The molecule has 0 saturated heterocycles. The summed E-state index contributed by atoms with van der Waals surface area (Å²) in [6.07, 6.45) is 1.58. The van der Waals surface area contributed by atoms with Gasteiger partial charge in [0.15, 0.2) is 5.76 Å². The lowest BCUT2D eigenvalue weighted by molar-refractivity contribution is 0.0600. The van der Waals surface area contributed by atoms with Crippen LogP contribution in [-0.4, -0.2) is 18.1 Å². The van der Waals surface area contributed by atoms with Crippen molar-refractivity contribution in [2.24, 2.45) is 0 Å². The van der Waals surface area contributed by atoms with E-state index in [2.05, 4.69) is 15.0 Å². The molecule has 0 amide bonds. The third-order valence-corrected chi connectivity index (χ3v) is 3.75. The Hall–Kier alpha value is -2.86. The summed E-state index contributed by atoms with van der Waals surface area (Å²) < 4.78 is 24.1. The second kappa shape index (κ2) is 7.36. The number of carbonyl (C=O) groups excluding carboxylic acids is 1. The van der Waals surface area contributed by atoms with Gasteiger partial charge in [-0.2, -0.15) is 0 Å². The molecule has 2 aromatic carbocycles. The third kappa shape index (κ3) is 3.97. The summed E-state index contributed by atoms with van der Waals surface area (Å²) in [7, 11) is 1.27. The fourth-order valence-electron chi connectivity index (χ4n) is 2.22. The van der Waals surface area contributed by atoms with Crippen LogP contribution in [0.1, 0.15) is 16.2 Å². The van der Waals surface area contributed by atoms with Crippen LogP contribution >= 0.6 is 11.6 Å². The van der Waals surface area contributed by atoms with Gasteiger partial charge in [0.1, 0.15) is 5.82 Å². The van der Waals surface area contributed by atoms with Gasteiger partial charge >= 0.3 is 5.97 Å². The Morgan fingerprint density at radius 2 is 2.04 bits per heavy atom. The topological polar surface area (TPSA) is 64.4 Å². The van der Waals surface area contributed by atoms with Crippen molar-refractivity contribution < 1.29 is 18.3 Å². The van der Waals surface area contributed by atoms with Gasteiger partial charge in [-0.3, -0.25) is 0 Å². The summed E-state index contributed by atoms with van der Waals surface area (Å²) in [5.74, 6) is -0.0635. The predicted octanol–water partition coefficient (Wildman–Crippen LogP) is 4.53. The van der Waals surface area contributed by atoms with Crippen LogP contribution in [-0.2, 0) is 11.3 Å². The molecule has 0 aliphatic carbocycles. The second-order valence-electron chi connectivity index (χ2n) is 5.16. The Morgan fingerprint density at radius 3 is 2.76 bits per heavy atom. The van der Waals surface area contributed by atoms with Crippen LogP contribution in [0.5, 0.6) is 0 Å². The number of carbonyl (C=O) groups is 1. The average Bonchev–Trinajstić information content (AvgIpc) is 3.10. The molecule has 1 N–H and O–H groups in total. The minimum Gasteiger partial charge on any atom is -0.465 e. The summed E-state index contributed by atoms with van der Waals surface area (Å²) in [5, 5.41) is 3.49. The number of nitrogens with zero attached hydrogens (tertiary/aromatic N) is 1. The van der Waals surface area contributed by atoms with Gasteiger partial charge in [-0.1, -0.05) is 11.6 Å². The van der Waals surface area contributed by atoms with Crippen molar-refractivity contribution in [2.45, 2.75) is 6.54 Å². The van der Waals surface area contributed by atoms with Crippen molar-refractivity contribution >= 4 is 23.3 Å². The number of oxazole rings is 1. The number of aromatic nitrogens is 1. The highest BCUT2D eigenvalue weighted by Crippen LogP contribution is 2.23. The largest absolute Gasteiger partial charge is 0.465 e. The molecule has 0 radical (unpaired) electrons. The summed E-state index contributed by atoms with van der Waals surface area (Å²) in [4.78, 5) is 15.7. The number of rotatable bonds is 5. The lowest BCUT2D eigenvalue weighted by atomic mass is 10.2. The van der Waals surface area contributed by atoms with Gasteiger partial charge < -0.3 is 14.5 Å². The zero-order chi connectivity index (χ0) is 17.8. The molecule has 5 nitrogen and oxygen atoms in total. The van der Waals surface area contributed by atoms with Crippen LogP contribution in [0.4, 0.5) is 10.1 Å². The molecule has 0 bridgehead atoms. The van der Waals surface area contributed by atoms with E-state index in [0.717, 1.165) is 5.56 Å². The number of hydrogen-bond acceptors (Lipinski definition) is 5. The van der Waals surface area contributed by atoms with Crippen LogP contribution in [0, 0.1) is 5.82 Å². The van der Waals surface area contributed by atoms with E-state index in [1.807, 2.05) is 12.1 Å². The molecule has 3 aromatic rings. The fourth-order valence-corrected chi connectivity index (χ4v) is 2.34. The monoisotopic (exact) mass is 360 g/mol. The van der Waals surface area contributed by atoms with E-state index >= 15 is 0 Å². The standard InChI is InChI=1S/C18H14ClFN2O3/c1-24-18(23)12-4-7-14(20)15(8-12)21-10-17-22-9-16(25-17)11-2-5-13(19)6-3-11/h2-9,21H,10H2,1H3. The molecule has 7 heteroatoms. The highest BCUT2D eigenvalue weighted by molar-refractivity contribution is 6.30. The van der Waals surface area contributed by atoms with Crippen molar-refractivity contribution in [3.63, 3.8) is 0 Å². The first-order valence-corrected chi connectivity index (χ1v) is 7.77. The third-order valence-electron chi connectivity index (χ3n) is 3.50. The minimum atomic E-state index is -0.538. The molecular weight excluding hydrogens is 347 g/mol. The van der Waals surface area contributed by atoms with E-state index in [9.17, 15) is 9.18 Å². The summed E-state index contributed by atoms with van der Waals surface area (Å²) in [6, 6.07) is 11.1. The van der Waals surface area contributed by atoms with Crippen molar-refractivity contribution in [3.05, 3.63) is 71.0 Å². The Kier molecular flexibility index (Phi) is 5.00. The molecule has 1 heterocycles. The Labute approximate surface area is 148 Å². The van der Waals surface area contributed by atoms with Crippen LogP contribution in [0.2, 0.25) is 5.02 Å². The smallest absolute Gasteiger partial charge is 0.337 e. The maximum absolute atomic E-state index is 13.9. The number of hydrogen-bond donors (Lipinski definition) is 1. The van der Waals surface area contributed by atoms with Gasteiger partial charge in [-0.25, -0.2) is 14.2 Å². The molecule has 0 spiro atoms. The number of ether oxygens (including phenoxy) is 1. The normalized spacial score (nSPS) is 10.5. The van der Waals surface area contributed by atoms with Crippen molar-refractivity contribution in [1.29, 1.82) is 0 Å². The molecular formula is C18H14ClFN2O3. The lowest BCUT2D eigenvalue weighted by Crippen LogP contribution is -2.06. The zero-order valence-electron chi connectivity index (χ0n) is 13.3. The summed E-state index contributed by atoms with van der Waals surface area (Å²) in [5.41, 5.74) is 1.25. The number of esters is 1. The maximum Gasteiger partial charge on any atom is 0.337 e. The molecule has 128 valence electrons. The van der Waals surface area contributed by atoms with Gasteiger partial charge in [0.25, 0.3) is 0 Å². The average molecular weight is 361 g/mol. The van der Waals surface area contributed by atoms with E-state index in [1.54, 1.807) is 18.3 Å². The van der Waals surface area contributed by atoms with Gasteiger partial charge in [0.2, 0.25) is 5.89 Å². The van der Waals surface area contributed by atoms with E-state index < -0.39 is 11.8 Å². The van der Waals surface area contributed by atoms with Crippen molar-refractivity contribution in [3.8, 4) is 11.3 Å². The summed E-state index contributed by atoms with van der Waals surface area (Å²) in [6.45, 7) is 0.162. The molecule has 1 aromatic heterocycles. The van der Waals surface area contributed by atoms with Crippen LogP contribution in [0.15, 0.2) is 53.1 Å². The molecule has 0 fully saturated rings. The predicted molar refractivity (Wildman–Crippen MR) is 92.0 cm³/mol. The molecule has 3 rings (SSSR count). The fraction of sp³-hybridized carbons (Fsp3) is 0.111. The number of halogens is 2. The Balaban J connectivity index is 1.72. The van der Waals surface area contributed by atoms with Crippen LogP contribution in [0.25, 0.3) is 11.3 Å². The molecule has 0 saturated carbocycles. The number of anilines is 1. The van der Waals surface area contributed by atoms with E-state index in [4.69, 9.17) is 16.0 Å². The quantitative estimate of drug-likeness (QED) is 0.677. The van der Waals surface area contributed by atoms with Crippen LogP contribution in [0.3, 0.4) is 0 Å². The summed E-state index contributed by atoms with van der Waals surface area (Å²) >= 11 is 5.86. The van der Waals surface area contributed by atoms with E-state index in [0.29, 0.717) is 16.7 Å². The van der Waals surface area contributed by atoms with Gasteiger partial charge in [0, 0.05) is 10.6 Å². The number of methoxy groups -OCH3 is 1. The maximum atomic E-state index is 13.9. The van der Waals surface area contributed by atoms with Gasteiger partial charge in [0.05, 0.1) is 31.1 Å². The Morgan fingerprint density at radius 1 is 1.28 bits per heavy atom. The number of benzene rings is 2. The first-order chi connectivity index (χ1) is 12.1. The minimum absolute atomic E-state index is 0.161. The molecule has 0 unspecified atom stereocenters. The zero-order valence-corrected chi connectivity index (χ0v) is 14.0. The van der Waals surface area contributed by atoms with Crippen molar-refractivity contribution in [1.82, 2.24) is 4.98 Å². The lowest BCUT2D eigenvalue weighted by Gasteiger charge is -2.07. The van der Waals surface area contributed by atoms with Gasteiger partial charge in [-0.15, -0.1) is 0 Å². The van der Waals surface area contributed by atoms with E-state index in [1.165, 1.54) is 25.3 Å². The second-order valence-corrected chi connectivity index (χ2v) is 5.60. The number of nitrogens with one attached hydrogen (secondary N) is 1. The van der Waals surface area contributed by atoms with Crippen molar-refractivity contribution in [2.75, 3.05) is 12.4 Å². The molecule has 25 heavy (non-hydrogen) atoms. The molecule has 0 aliphatic heterocycles. The SMILES string of the molecule is COC(=O)c1ccc(F)c(NCc2ncc(-c3ccc(Cl)cc3)o2)c1. The van der Waals surface area contributed by atoms with Gasteiger partial charge in [-0.05, 0) is 42.5 Å².